The maximum absolute atomic E-state index is 13.2. The highest BCUT2D eigenvalue weighted by Crippen LogP contribution is 2.26. The van der Waals surface area contributed by atoms with Gasteiger partial charge in [0.1, 0.15) is 11.6 Å². The molecular weight excluding hydrogens is 343 g/mol. The van der Waals surface area contributed by atoms with Crippen LogP contribution >= 0.6 is 0 Å². The molecule has 1 aromatic heterocycles. The predicted octanol–water partition coefficient (Wildman–Crippen LogP) is 3.71. The molecule has 5 nitrogen and oxygen atoms in total. The van der Waals surface area contributed by atoms with Gasteiger partial charge < -0.3 is 10.2 Å². The lowest BCUT2D eigenvalue weighted by Crippen LogP contribution is -2.37. The van der Waals surface area contributed by atoms with Gasteiger partial charge in [0.15, 0.2) is 0 Å². The molecule has 6 heteroatoms. The number of aromatic nitrogens is 2. The van der Waals surface area contributed by atoms with Gasteiger partial charge in [0.05, 0.1) is 17.9 Å². The zero-order valence-electron chi connectivity index (χ0n) is 15.2. The Balaban J connectivity index is 1.52. The van der Waals surface area contributed by atoms with Crippen molar-refractivity contribution in [3.8, 4) is 5.69 Å². The van der Waals surface area contributed by atoms with Crippen molar-refractivity contribution in [2.24, 2.45) is 0 Å². The third kappa shape index (κ3) is 3.69. The Morgan fingerprint density at radius 3 is 2.78 bits per heavy atom. The van der Waals surface area contributed by atoms with Crippen LogP contribution < -0.4 is 10.2 Å². The SMILES string of the molecule is Cc1cc(NC(=O)CN2CCCc3ccccc32)n(-c2ccc(F)cc2)n1. The maximum Gasteiger partial charge on any atom is 0.245 e. The molecular formula is C21H21FN4O. The standard InChI is InChI=1S/C21H21FN4O/c1-15-13-20(26(24-15)18-10-8-17(22)9-11-18)23-21(27)14-25-12-4-6-16-5-2-3-7-19(16)25/h2-3,5,7-11,13H,4,6,12,14H2,1H3,(H,23,27). The van der Waals surface area contributed by atoms with Crippen LogP contribution in [-0.2, 0) is 11.2 Å². The first kappa shape index (κ1) is 17.3. The molecule has 4 rings (SSSR count). The average Bonchev–Trinajstić information content (AvgIpc) is 3.02. The van der Waals surface area contributed by atoms with Crippen LogP contribution in [0.1, 0.15) is 17.7 Å². The fourth-order valence-electron chi connectivity index (χ4n) is 3.50. The predicted molar refractivity (Wildman–Crippen MR) is 104 cm³/mol. The monoisotopic (exact) mass is 364 g/mol. The van der Waals surface area contributed by atoms with Gasteiger partial charge in [-0.2, -0.15) is 5.10 Å². The molecule has 27 heavy (non-hydrogen) atoms. The highest BCUT2D eigenvalue weighted by molar-refractivity contribution is 5.94. The molecule has 0 saturated carbocycles. The molecule has 0 atom stereocenters. The zero-order valence-corrected chi connectivity index (χ0v) is 15.2. The summed E-state index contributed by atoms with van der Waals surface area (Å²) in [7, 11) is 0. The Bertz CT molecular complexity index is 965. The molecule has 0 spiro atoms. The zero-order chi connectivity index (χ0) is 18.8. The molecule has 0 saturated heterocycles. The van der Waals surface area contributed by atoms with Crippen LogP contribution in [0.5, 0.6) is 0 Å². The van der Waals surface area contributed by atoms with Crippen molar-refractivity contribution in [3.63, 3.8) is 0 Å². The summed E-state index contributed by atoms with van der Waals surface area (Å²) >= 11 is 0. The van der Waals surface area contributed by atoms with Gasteiger partial charge in [-0.1, -0.05) is 18.2 Å². The van der Waals surface area contributed by atoms with E-state index in [2.05, 4.69) is 27.4 Å². The molecule has 1 amide bonds. The van der Waals surface area contributed by atoms with Crippen molar-refractivity contribution in [3.05, 3.63) is 71.7 Å². The van der Waals surface area contributed by atoms with Crippen LogP contribution in [0.3, 0.4) is 0 Å². The normalized spacial score (nSPS) is 13.3. The van der Waals surface area contributed by atoms with E-state index in [1.807, 2.05) is 25.1 Å². The number of anilines is 2. The highest BCUT2D eigenvalue weighted by atomic mass is 19.1. The minimum Gasteiger partial charge on any atom is -0.362 e. The fraction of sp³-hybridized carbons (Fsp3) is 0.238. The van der Waals surface area contributed by atoms with Crippen LogP contribution in [0.15, 0.2) is 54.6 Å². The number of carbonyl (C=O) groups excluding carboxylic acids is 1. The molecule has 0 bridgehead atoms. The van der Waals surface area contributed by atoms with E-state index in [1.54, 1.807) is 16.8 Å². The van der Waals surface area contributed by atoms with E-state index in [0.717, 1.165) is 30.8 Å². The summed E-state index contributed by atoms with van der Waals surface area (Å²) in [6.07, 6.45) is 2.09. The molecule has 2 heterocycles. The van der Waals surface area contributed by atoms with Gasteiger partial charge in [-0.05, 0) is 55.7 Å². The van der Waals surface area contributed by atoms with Crippen molar-refractivity contribution < 1.29 is 9.18 Å². The summed E-state index contributed by atoms with van der Waals surface area (Å²) in [6, 6.07) is 16.1. The van der Waals surface area contributed by atoms with Gasteiger partial charge in [-0.3, -0.25) is 4.79 Å². The second-order valence-corrected chi connectivity index (χ2v) is 6.76. The molecule has 0 unspecified atom stereocenters. The number of amides is 1. The van der Waals surface area contributed by atoms with Crippen molar-refractivity contribution in [2.75, 3.05) is 23.3 Å². The summed E-state index contributed by atoms with van der Waals surface area (Å²) in [6.45, 7) is 3.00. The average molecular weight is 364 g/mol. The second kappa shape index (κ2) is 7.23. The van der Waals surface area contributed by atoms with Gasteiger partial charge >= 0.3 is 0 Å². The smallest absolute Gasteiger partial charge is 0.245 e. The van der Waals surface area contributed by atoms with Crippen molar-refractivity contribution >= 4 is 17.4 Å². The number of fused-ring (bicyclic) bond motifs is 1. The molecule has 1 aliphatic rings. The van der Waals surface area contributed by atoms with Crippen LogP contribution in [0, 0.1) is 12.7 Å². The number of carbonyl (C=O) groups is 1. The van der Waals surface area contributed by atoms with Crippen LogP contribution in [0.2, 0.25) is 0 Å². The lowest BCUT2D eigenvalue weighted by atomic mass is 10.0. The number of aryl methyl sites for hydroxylation is 2. The van der Waals surface area contributed by atoms with E-state index < -0.39 is 0 Å². The molecule has 0 aliphatic carbocycles. The minimum absolute atomic E-state index is 0.102. The first-order chi connectivity index (χ1) is 13.1. The summed E-state index contributed by atoms with van der Waals surface area (Å²) in [4.78, 5) is 14.8. The molecule has 3 aromatic rings. The van der Waals surface area contributed by atoms with Crippen LogP contribution in [0.25, 0.3) is 5.69 Å². The van der Waals surface area contributed by atoms with E-state index in [9.17, 15) is 9.18 Å². The van der Waals surface area contributed by atoms with Crippen LogP contribution in [0.4, 0.5) is 15.9 Å². The van der Waals surface area contributed by atoms with Crippen molar-refractivity contribution in [1.82, 2.24) is 9.78 Å². The minimum atomic E-state index is -0.308. The Hall–Kier alpha value is -3.15. The molecule has 0 radical (unpaired) electrons. The van der Waals surface area contributed by atoms with Crippen molar-refractivity contribution in [2.45, 2.75) is 19.8 Å². The van der Waals surface area contributed by atoms with E-state index in [-0.39, 0.29) is 18.3 Å². The van der Waals surface area contributed by atoms with E-state index in [1.165, 1.54) is 17.7 Å². The van der Waals surface area contributed by atoms with Gasteiger partial charge in [-0.15, -0.1) is 0 Å². The van der Waals surface area contributed by atoms with E-state index >= 15 is 0 Å². The Labute approximate surface area is 157 Å². The first-order valence-electron chi connectivity index (χ1n) is 9.05. The third-order valence-electron chi connectivity index (χ3n) is 4.71. The number of para-hydroxylation sites is 1. The first-order valence-corrected chi connectivity index (χ1v) is 9.05. The largest absolute Gasteiger partial charge is 0.362 e. The van der Waals surface area contributed by atoms with Gasteiger partial charge in [-0.25, -0.2) is 9.07 Å². The highest BCUT2D eigenvalue weighted by Gasteiger charge is 2.19. The Morgan fingerprint density at radius 2 is 1.96 bits per heavy atom. The number of benzene rings is 2. The summed E-state index contributed by atoms with van der Waals surface area (Å²) < 4.78 is 14.8. The molecule has 2 aromatic carbocycles. The van der Waals surface area contributed by atoms with E-state index in [0.29, 0.717) is 11.5 Å². The summed E-state index contributed by atoms with van der Waals surface area (Å²) in [5.74, 6) is 0.168. The quantitative estimate of drug-likeness (QED) is 0.768. The van der Waals surface area contributed by atoms with Crippen LogP contribution in [-0.4, -0.2) is 28.8 Å². The van der Waals surface area contributed by atoms with Gasteiger partial charge in [0, 0.05) is 18.3 Å². The molecule has 1 aliphatic heterocycles. The lowest BCUT2D eigenvalue weighted by Gasteiger charge is -2.30. The maximum atomic E-state index is 13.2. The summed E-state index contributed by atoms with van der Waals surface area (Å²) in [5.41, 5.74) is 3.88. The third-order valence-corrected chi connectivity index (χ3v) is 4.71. The number of rotatable bonds is 4. The second-order valence-electron chi connectivity index (χ2n) is 6.76. The Morgan fingerprint density at radius 1 is 1.19 bits per heavy atom. The molecule has 138 valence electrons. The Kier molecular flexibility index (Phi) is 4.62. The number of halogens is 1. The lowest BCUT2D eigenvalue weighted by molar-refractivity contribution is -0.115. The topological polar surface area (TPSA) is 50.2 Å². The van der Waals surface area contributed by atoms with Gasteiger partial charge in [0.25, 0.3) is 0 Å². The van der Waals surface area contributed by atoms with Crippen molar-refractivity contribution in [1.29, 1.82) is 0 Å². The number of hydrogen-bond donors (Lipinski definition) is 1. The molecule has 0 fully saturated rings. The fourth-order valence-corrected chi connectivity index (χ4v) is 3.50. The van der Waals surface area contributed by atoms with E-state index in [4.69, 9.17) is 0 Å². The number of nitrogens with one attached hydrogen (secondary N) is 1. The van der Waals surface area contributed by atoms with Gasteiger partial charge in [0.2, 0.25) is 5.91 Å². The molecule has 1 N–H and O–H groups in total. The number of hydrogen-bond acceptors (Lipinski definition) is 3. The number of nitrogens with zero attached hydrogens (tertiary/aromatic N) is 3. The summed E-state index contributed by atoms with van der Waals surface area (Å²) in [5, 5.41) is 7.36.